The second-order valence-corrected chi connectivity index (χ2v) is 9.99. The van der Waals surface area contributed by atoms with E-state index in [0.717, 1.165) is 4.57 Å². The van der Waals surface area contributed by atoms with Gasteiger partial charge in [-0.1, -0.05) is 54.6 Å². The highest BCUT2D eigenvalue weighted by Gasteiger charge is 2.68. The van der Waals surface area contributed by atoms with Gasteiger partial charge in [0.2, 0.25) is 0 Å². The fraction of sp³-hybridized carbons (Fsp3) is 0.290. The van der Waals surface area contributed by atoms with Crippen molar-refractivity contribution >= 4 is 0 Å². The summed E-state index contributed by atoms with van der Waals surface area (Å²) >= 11 is 0. The maximum Gasteiger partial charge on any atom is 0.330 e. The lowest BCUT2D eigenvalue weighted by Gasteiger charge is -2.51. The molecule has 4 N–H and O–H groups in total. The molecular formula is C31H32N2O8. The Morgan fingerprint density at radius 1 is 0.878 bits per heavy atom. The van der Waals surface area contributed by atoms with Gasteiger partial charge < -0.3 is 29.5 Å². The molecule has 1 saturated heterocycles. The second kappa shape index (κ2) is 11.0. The predicted molar refractivity (Wildman–Crippen MR) is 150 cm³/mol. The quantitative estimate of drug-likeness (QED) is 0.238. The van der Waals surface area contributed by atoms with Crippen molar-refractivity contribution in [3.8, 4) is 11.5 Å². The van der Waals surface area contributed by atoms with Gasteiger partial charge in [0.05, 0.1) is 26.2 Å². The minimum atomic E-state index is -2.13. The summed E-state index contributed by atoms with van der Waals surface area (Å²) < 4.78 is 18.5. The second-order valence-electron chi connectivity index (χ2n) is 9.99. The molecule has 1 aliphatic heterocycles. The van der Waals surface area contributed by atoms with Crippen molar-refractivity contribution in [2.75, 3.05) is 20.8 Å². The highest BCUT2D eigenvalue weighted by Crippen LogP contribution is 2.57. The Hall–Kier alpha value is -4.22. The third kappa shape index (κ3) is 4.27. The molecule has 0 saturated carbocycles. The first-order valence-corrected chi connectivity index (χ1v) is 13.1. The molecule has 10 nitrogen and oxygen atoms in total. The van der Waals surface area contributed by atoms with E-state index in [2.05, 4.69) is 4.98 Å². The molecule has 3 aromatic carbocycles. The Balaban J connectivity index is 2.03. The van der Waals surface area contributed by atoms with E-state index in [4.69, 9.17) is 14.2 Å². The van der Waals surface area contributed by atoms with Crippen LogP contribution in [0.15, 0.2) is 94.6 Å². The summed E-state index contributed by atoms with van der Waals surface area (Å²) in [6.07, 6.45) is -3.34. The first-order valence-electron chi connectivity index (χ1n) is 13.1. The van der Waals surface area contributed by atoms with Crippen LogP contribution in [0.4, 0.5) is 0 Å². The molecule has 5 rings (SSSR count). The number of aromatic amines is 1. The highest BCUT2D eigenvalue weighted by atomic mass is 16.6. The zero-order chi connectivity index (χ0) is 29.4. The first kappa shape index (κ1) is 28.3. The van der Waals surface area contributed by atoms with E-state index in [9.17, 15) is 24.9 Å². The third-order valence-electron chi connectivity index (χ3n) is 7.88. The molecule has 0 unspecified atom stereocenters. The normalized spacial score (nSPS) is 22.4. The van der Waals surface area contributed by atoms with Crippen LogP contribution in [0.3, 0.4) is 0 Å². The minimum absolute atomic E-state index is 0.174. The van der Waals surface area contributed by atoms with Gasteiger partial charge in [0.1, 0.15) is 29.8 Å². The van der Waals surface area contributed by atoms with Gasteiger partial charge in [-0.2, -0.15) is 0 Å². The Morgan fingerprint density at radius 2 is 1.39 bits per heavy atom. The van der Waals surface area contributed by atoms with Gasteiger partial charge in [0.25, 0.3) is 5.56 Å². The lowest BCUT2D eigenvalue weighted by atomic mass is 9.60. The van der Waals surface area contributed by atoms with E-state index in [-0.39, 0.29) is 5.56 Å². The molecule has 214 valence electrons. The molecule has 1 fully saturated rings. The summed E-state index contributed by atoms with van der Waals surface area (Å²) in [6, 6.07) is 23.2. The molecule has 41 heavy (non-hydrogen) atoms. The number of hydrogen-bond acceptors (Lipinski definition) is 8. The van der Waals surface area contributed by atoms with Crippen LogP contribution < -0.4 is 20.7 Å². The summed E-state index contributed by atoms with van der Waals surface area (Å²) in [4.78, 5) is 28.5. The van der Waals surface area contributed by atoms with Crippen LogP contribution in [0, 0.1) is 6.92 Å². The van der Waals surface area contributed by atoms with Crippen molar-refractivity contribution in [2.45, 2.75) is 36.4 Å². The number of nitrogens with zero attached hydrogens (tertiary/aromatic N) is 1. The standard InChI is InChI=1S/C31H32N2O8/c1-19-17-33(29(38)32-28(19)37)31(27(36)26(35)25(18-34)41-31)30(20-7-5-4-6-8-20,21-9-13-23(39-2)14-10-21)22-11-15-24(40-3)16-12-22/h4-17,25-27,34-36H,18H2,1-3H3,(H,32,37,38)/t25-,26-,27-,31+/m1/s1. The lowest BCUT2D eigenvalue weighted by Crippen LogP contribution is -2.64. The van der Waals surface area contributed by atoms with Crippen LogP contribution in [0.1, 0.15) is 22.3 Å². The number of rotatable bonds is 8. The molecule has 0 radical (unpaired) electrons. The number of aryl methyl sites for hydroxylation is 1. The third-order valence-corrected chi connectivity index (χ3v) is 7.88. The Labute approximate surface area is 236 Å². The molecule has 0 bridgehead atoms. The molecule has 4 atom stereocenters. The average molecular weight is 561 g/mol. The van der Waals surface area contributed by atoms with E-state index in [0.29, 0.717) is 28.2 Å². The Kier molecular flexibility index (Phi) is 7.58. The van der Waals surface area contributed by atoms with Crippen molar-refractivity contribution < 1.29 is 29.5 Å². The van der Waals surface area contributed by atoms with Crippen LogP contribution in [0.25, 0.3) is 0 Å². The van der Waals surface area contributed by atoms with Gasteiger partial charge in [-0.3, -0.25) is 14.3 Å². The molecule has 1 aromatic heterocycles. The van der Waals surface area contributed by atoms with Crippen LogP contribution in [0.5, 0.6) is 11.5 Å². The molecule has 0 aliphatic carbocycles. The highest BCUT2D eigenvalue weighted by molar-refractivity contribution is 5.56. The number of benzene rings is 3. The number of aliphatic hydroxyl groups is 3. The molecule has 4 aromatic rings. The van der Waals surface area contributed by atoms with Crippen molar-refractivity contribution in [3.05, 3.63) is 128 Å². The average Bonchev–Trinajstić information content (AvgIpc) is 3.26. The topological polar surface area (TPSA) is 143 Å². The summed E-state index contributed by atoms with van der Waals surface area (Å²) in [7, 11) is 3.08. The van der Waals surface area contributed by atoms with E-state index >= 15 is 0 Å². The van der Waals surface area contributed by atoms with Crippen LogP contribution in [-0.4, -0.2) is 64.0 Å². The maximum atomic E-state index is 13.7. The van der Waals surface area contributed by atoms with Crippen LogP contribution in [0.2, 0.25) is 0 Å². The molecule has 1 aliphatic rings. The molecule has 10 heteroatoms. The number of aromatic nitrogens is 2. The van der Waals surface area contributed by atoms with E-state index < -0.39 is 47.3 Å². The number of aliphatic hydroxyl groups excluding tert-OH is 3. The van der Waals surface area contributed by atoms with Gasteiger partial charge in [-0.15, -0.1) is 0 Å². The summed E-state index contributed by atoms with van der Waals surface area (Å²) in [5.74, 6) is 1.13. The minimum Gasteiger partial charge on any atom is -0.497 e. The van der Waals surface area contributed by atoms with Gasteiger partial charge in [-0.05, 0) is 47.9 Å². The van der Waals surface area contributed by atoms with Crippen molar-refractivity contribution in [3.63, 3.8) is 0 Å². The van der Waals surface area contributed by atoms with Gasteiger partial charge in [-0.25, -0.2) is 4.79 Å². The molecule has 2 heterocycles. The Morgan fingerprint density at radius 3 is 1.85 bits per heavy atom. The summed E-state index contributed by atoms with van der Waals surface area (Å²) in [5.41, 5.74) is -3.27. The SMILES string of the molecule is COc1ccc(C(c2ccccc2)(c2ccc(OC)cc2)[C@@]2(n3cc(C)c(=O)[nH]c3=O)O[C@H](CO)[C@@H](O)[C@H]2O)cc1. The van der Waals surface area contributed by atoms with E-state index in [1.54, 1.807) is 62.8 Å². The van der Waals surface area contributed by atoms with Crippen molar-refractivity contribution in [1.82, 2.24) is 9.55 Å². The fourth-order valence-corrected chi connectivity index (χ4v) is 5.94. The van der Waals surface area contributed by atoms with Gasteiger partial charge in [0.15, 0.2) is 5.72 Å². The summed E-state index contributed by atoms with van der Waals surface area (Å²) in [6.45, 7) is 0.877. The maximum absolute atomic E-state index is 13.7. The van der Waals surface area contributed by atoms with Crippen molar-refractivity contribution in [2.24, 2.45) is 0 Å². The van der Waals surface area contributed by atoms with E-state index in [1.807, 2.05) is 30.3 Å². The largest absolute Gasteiger partial charge is 0.497 e. The van der Waals surface area contributed by atoms with Crippen LogP contribution >= 0.6 is 0 Å². The predicted octanol–water partition coefficient (Wildman–Crippen LogP) is 1.66. The number of H-pyrrole nitrogens is 1. The van der Waals surface area contributed by atoms with Gasteiger partial charge in [0, 0.05) is 11.8 Å². The molecule has 0 spiro atoms. The van der Waals surface area contributed by atoms with E-state index in [1.165, 1.54) is 13.1 Å². The fourth-order valence-electron chi connectivity index (χ4n) is 5.94. The number of hydrogen-bond donors (Lipinski definition) is 4. The smallest absolute Gasteiger partial charge is 0.330 e. The first-order chi connectivity index (χ1) is 19.7. The number of ether oxygens (including phenoxy) is 3. The summed E-state index contributed by atoms with van der Waals surface area (Å²) in [5, 5.41) is 33.6. The Bertz CT molecular complexity index is 1570. The number of nitrogens with one attached hydrogen (secondary N) is 1. The molecule has 0 amide bonds. The van der Waals surface area contributed by atoms with Crippen molar-refractivity contribution in [1.29, 1.82) is 0 Å². The molecular weight excluding hydrogens is 528 g/mol. The monoisotopic (exact) mass is 560 g/mol. The van der Waals surface area contributed by atoms with Gasteiger partial charge >= 0.3 is 5.69 Å². The lowest BCUT2D eigenvalue weighted by molar-refractivity contribution is -0.180. The number of methoxy groups -OCH3 is 2. The van der Waals surface area contributed by atoms with Crippen LogP contribution in [-0.2, 0) is 15.9 Å². The zero-order valence-corrected chi connectivity index (χ0v) is 22.9. The zero-order valence-electron chi connectivity index (χ0n) is 22.9.